The molecule has 0 spiro atoms. The third-order valence-electron chi connectivity index (χ3n) is 5.41. The predicted molar refractivity (Wildman–Crippen MR) is 143 cm³/mol. The van der Waals surface area contributed by atoms with E-state index in [9.17, 15) is 18.0 Å². The third-order valence-corrected chi connectivity index (χ3v) is 7.80. The largest absolute Gasteiger partial charge is 0.352 e. The first-order valence-corrected chi connectivity index (χ1v) is 14.1. The molecule has 2 rings (SSSR count). The van der Waals surface area contributed by atoms with Crippen LogP contribution >= 0.6 is 46.4 Å². The van der Waals surface area contributed by atoms with Gasteiger partial charge in [0.05, 0.1) is 17.0 Å². The number of sulfonamides is 1. The third kappa shape index (κ3) is 7.89. The van der Waals surface area contributed by atoms with Gasteiger partial charge in [-0.05, 0) is 50.6 Å². The average molecular weight is 583 g/mol. The van der Waals surface area contributed by atoms with E-state index in [1.165, 1.54) is 23.1 Å². The minimum Gasteiger partial charge on any atom is -0.352 e. The van der Waals surface area contributed by atoms with Crippen LogP contribution in [0.3, 0.4) is 0 Å². The maximum absolute atomic E-state index is 13.6. The Kier molecular flexibility index (Phi) is 10.5. The number of halogens is 4. The lowest BCUT2D eigenvalue weighted by Gasteiger charge is -2.32. The number of nitrogens with zero attached hydrogens (tertiary/aromatic N) is 2. The number of benzene rings is 2. The van der Waals surface area contributed by atoms with E-state index in [1.54, 1.807) is 25.1 Å². The van der Waals surface area contributed by atoms with Crippen molar-refractivity contribution >= 4 is 73.9 Å². The van der Waals surface area contributed by atoms with Crippen molar-refractivity contribution in [1.82, 2.24) is 10.2 Å². The van der Waals surface area contributed by atoms with Gasteiger partial charge < -0.3 is 10.2 Å². The Hall–Kier alpha value is -1.71. The maximum atomic E-state index is 13.6. The molecule has 0 aliphatic carbocycles. The Morgan fingerprint density at radius 1 is 1.00 bits per heavy atom. The molecule has 2 aromatic carbocycles. The average Bonchev–Trinajstić information content (AvgIpc) is 2.77. The Balaban J connectivity index is 2.49. The van der Waals surface area contributed by atoms with E-state index in [1.807, 2.05) is 13.8 Å². The summed E-state index contributed by atoms with van der Waals surface area (Å²) in [6.45, 7) is 4.57. The molecule has 0 bridgehead atoms. The zero-order chi connectivity index (χ0) is 26.5. The smallest absolute Gasteiger partial charge is 0.244 e. The van der Waals surface area contributed by atoms with Crippen LogP contribution in [0.25, 0.3) is 0 Å². The molecule has 7 nitrogen and oxygen atoms in total. The summed E-state index contributed by atoms with van der Waals surface area (Å²) >= 11 is 24.9. The summed E-state index contributed by atoms with van der Waals surface area (Å²) in [5, 5.41) is 3.79. The molecule has 35 heavy (non-hydrogen) atoms. The lowest BCUT2D eigenvalue weighted by molar-refractivity contribution is -0.139. The highest BCUT2D eigenvalue weighted by molar-refractivity contribution is 7.92. The molecule has 0 aromatic heterocycles. The van der Waals surface area contributed by atoms with Crippen molar-refractivity contribution < 1.29 is 18.0 Å². The molecule has 2 atom stereocenters. The summed E-state index contributed by atoms with van der Waals surface area (Å²) in [5.41, 5.74) is 0.474. The first-order chi connectivity index (χ1) is 16.3. The van der Waals surface area contributed by atoms with Crippen molar-refractivity contribution in [1.29, 1.82) is 0 Å². The summed E-state index contributed by atoms with van der Waals surface area (Å²) < 4.78 is 26.1. The molecule has 0 saturated carbocycles. The molecule has 0 saturated heterocycles. The van der Waals surface area contributed by atoms with E-state index in [0.29, 0.717) is 22.0 Å². The van der Waals surface area contributed by atoms with Gasteiger partial charge in [-0.25, -0.2) is 8.42 Å². The molecule has 2 unspecified atom stereocenters. The maximum Gasteiger partial charge on any atom is 0.244 e. The summed E-state index contributed by atoms with van der Waals surface area (Å²) in [6, 6.07) is 8.10. The van der Waals surface area contributed by atoms with Gasteiger partial charge in [0.25, 0.3) is 0 Å². The van der Waals surface area contributed by atoms with Gasteiger partial charge in [0.15, 0.2) is 0 Å². The van der Waals surface area contributed by atoms with Crippen molar-refractivity contribution in [2.75, 3.05) is 17.1 Å². The first kappa shape index (κ1) is 29.5. The topological polar surface area (TPSA) is 86.8 Å². The van der Waals surface area contributed by atoms with Gasteiger partial charge in [-0.1, -0.05) is 59.4 Å². The molecule has 1 N–H and O–H groups in total. The Morgan fingerprint density at radius 3 is 2.14 bits per heavy atom. The Bertz CT molecular complexity index is 1170. The van der Waals surface area contributed by atoms with Crippen LogP contribution in [-0.4, -0.2) is 50.0 Å². The second-order valence-corrected chi connectivity index (χ2v) is 11.6. The van der Waals surface area contributed by atoms with Crippen molar-refractivity contribution in [2.45, 2.75) is 45.8 Å². The molecule has 0 heterocycles. The molecule has 2 amide bonds. The highest BCUT2D eigenvalue weighted by atomic mass is 35.5. The highest BCUT2D eigenvalue weighted by Crippen LogP contribution is 2.31. The Labute approximate surface area is 226 Å². The number of rotatable bonds is 10. The summed E-state index contributed by atoms with van der Waals surface area (Å²) in [6.07, 6.45) is 1.64. The lowest BCUT2D eigenvalue weighted by atomic mass is 10.1. The van der Waals surface area contributed by atoms with Crippen LogP contribution in [0.15, 0.2) is 36.4 Å². The molecular weight excluding hydrogens is 556 g/mol. The molecule has 2 aromatic rings. The van der Waals surface area contributed by atoms with Gasteiger partial charge >= 0.3 is 0 Å². The zero-order valence-electron chi connectivity index (χ0n) is 19.7. The minimum absolute atomic E-state index is 0.0439. The standard InChI is InChI=1S/C23H27Cl4N3O4S/c1-5-14(2)28-23(32)15(3)29(12-17-18(25)7-6-8-19(17)26)22(31)13-30(35(4,33)34)21-11-16(24)9-10-20(21)27/h6-11,14-15H,5,12-13H2,1-4H3,(H,28,32). The van der Waals surface area contributed by atoms with Crippen molar-refractivity contribution in [3.05, 3.63) is 62.1 Å². The van der Waals surface area contributed by atoms with Crippen LogP contribution in [0.1, 0.15) is 32.8 Å². The van der Waals surface area contributed by atoms with Gasteiger partial charge in [-0.2, -0.15) is 0 Å². The van der Waals surface area contributed by atoms with Crippen LogP contribution < -0.4 is 9.62 Å². The fourth-order valence-electron chi connectivity index (χ4n) is 3.17. The number of carbonyl (C=O) groups is 2. The molecule has 0 aliphatic heterocycles. The predicted octanol–water partition coefficient (Wildman–Crippen LogP) is 5.40. The first-order valence-electron chi connectivity index (χ1n) is 10.7. The zero-order valence-corrected chi connectivity index (χ0v) is 23.5. The van der Waals surface area contributed by atoms with Crippen LogP contribution in [0, 0.1) is 0 Å². The lowest BCUT2D eigenvalue weighted by Crippen LogP contribution is -2.52. The van der Waals surface area contributed by atoms with Gasteiger partial charge in [0.2, 0.25) is 21.8 Å². The molecule has 0 aliphatic rings. The summed E-state index contributed by atoms with van der Waals surface area (Å²) in [4.78, 5) is 27.7. The van der Waals surface area contributed by atoms with Gasteiger partial charge in [-0.15, -0.1) is 0 Å². The molecule has 192 valence electrons. The molecule has 0 radical (unpaired) electrons. The monoisotopic (exact) mass is 581 g/mol. The number of hydrogen-bond donors (Lipinski definition) is 1. The number of carbonyl (C=O) groups excluding carboxylic acids is 2. The number of hydrogen-bond acceptors (Lipinski definition) is 4. The SMILES string of the molecule is CCC(C)NC(=O)C(C)N(Cc1c(Cl)cccc1Cl)C(=O)CN(c1cc(Cl)ccc1Cl)S(C)(=O)=O. The molecule has 0 fully saturated rings. The van der Waals surface area contributed by atoms with Crippen molar-refractivity contribution in [2.24, 2.45) is 0 Å². The van der Waals surface area contributed by atoms with Crippen LogP contribution in [0.2, 0.25) is 20.1 Å². The summed E-state index contributed by atoms with van der Waals surface area (Å²) in [7, 11) is -3.95. The van der Waals surface area contributed by atoms with E-state index in [2.05, 4.69) is 5.32 Å². The minimum atomic E-state index is -3.95. The van der Waals surface area contributed by atoms with Gasteiger partial charge in [-0.3, -0.25) is 13.9 Å². The van der Waals surface area contributed by atoms with Gasteiger partial charge in [0.1, 0.15) is 12.6 Å². The van der Waals surface area contributed by atoms with Crippen LogP contribution in [0.4, 0.5) is 5.69 Å². The van der Waals surface area contributed by atoms with Gasteiger partial charge in [0, 0.05) is 33.2 Å². The highest BCUT2D eigenvalue weighted by Gasteiger charge is 2.32. The fourth-order valence-corrected chi connectivity index (χ4v) is 4.98. The summed E-state index contributed by atoms with van der Waals surface area (Å²) in [5.74, 6) is -1.06. The van der Waals surface area contributed by atoms with E-state index in [0.717, 1.165) is 10.6 Å². The van der Waals surface area contributed by atoms with Crippen molar-refractivity contribution in [3.8, 4) is 0 Å². The number of amides is 2. The van der Waals surface area contributed by atoms with Crippen LogP contribution in [0.5, 0.6) is 0 Å². The molecule has 12 heteroatoms. The quantitative estimate of drug-likeness (QED) is 0.406. The van der Waals surface area contributed by atoms with Crippen molar-refractivity contribution in [3.63, 3.8) is 0 Å². The van der Waals surface area contributed by atoms with E-state index in [4.69, 9.17) is 46.4 Å². The van der Waals surface area contributed by atoms with Crippen LogP contribution in [-0.2, 0) is 26.2 Å². The second-order valence-electron chi connectivity index (χ2n) is 8.08. The normalized spacial score (nSPS) is 13.1. The Morgan fingerprint density at radius 2 is 1.60 bits per heavy atom. The number of nitrogens with one attached hydrogen (secondary N) is 1. The number of anilines is 1. The fraction of sp³-hybridized carbons (Fsp3) is 0.391. The van der Waals surface area contributed by atoms with E-state index >= 15 is 0 Å². The second kappa shape index (κ2) is 12.5. The van der Waals surface area contributed by atoms with E-state index < -0.39 is 34.4 Å². The molecular formula is C23H27Cl4N3O4S. The van der Waals surface area contributed by atoms with E-state index in [-0.39, 0.29) is 28.3 Å².